The van der Waals surface area contributed by atoms with Crippen molar-refractivity contribution >= 4 is 51.0 Å². The van der Waals surface area contributed by atoms with E-state index in [0.29, 0.717) is 33.6 Å². The van der Waals surface area contributed by atoms with Crippen LogP contribution in [0, 0.1) is 23.4 Å². The zero-order valence-corrected chi connectivity index (χ0v) is 32.1. The topological polar surface area (TPSA) is 149 Å². The fourth-order valence-electron chi connectivity index (χ4n) is 5.39. The van der Waals surface area contributed by atoms with Gasteiger partial charge >= 0.3 is 12.1 Å². The van der Waals surface area contributed by atoms with Crippen LogP contribution in [0.2, 0.25) is 0 Å². The van der Waals surface area contributed by atoms with E-state index in [-0.39, 0.29) is 48.6 Å². The molecule has 17 heteroatoms. The number of carbonyl (C=O) groups is 3. The molecule has 0 aliphatic rings. The van der Waals surface area contributed by atoms with Gasteiger partial charge in [-0.15, -0.1) is 11.3 Å². The number of halogens is 3. The number of hydrogen-bond acceptors (Lipinski definition) is 9. The Bertz CT molecular complexity index is 2190. The number of thiophene rings is 1. The first-order valence-corrected chi connectivity index (χ1v) is 18.0. The molecule has 55 heavy (non-hydrogen) atoms. The number of nitrogens with one attached hydrogen (secondary N) is 3. The van der Waals surface area contributed by atoms with Crippen LogP contribution in [0.5, 0.6) is 11.5 Å². The third kappa shape index (κ3) is 10.3. The maximum absolute atomic E-state index is 15.2. The van der Waals surface area contributed by atoms with E-state index in [9.17, 15) is 23.2 Å². The van der Waals surface area contributed by atoms with E-state index in [1.165, 1.54) is 29.7 Å². The molecule has 3 aromatic heterocycles. The summed E-state index contributed by atoms with van der Waals surface area (Å²) < 4.78 is 61.5. The highest BCUT2D eigenvalue weighted by atomic mass is 32.1. The van der Waals surface area contributed by atoms with E-state index < -0.39 is 41.2 Å². The lowest BCUT2D eigenvalue weighted by molar-refractivity contribution is -0.136. The molecule has 3 N–H and O–H groups in total. The number of benzene rings is 2. The fourth-order valence-corrected chi connectivity index (χ4v) is 6.49. The van der Waals surface area contributed by atoms with E-state index >= 15 is 4.39 Å². The standard InChI is InChI=1S/C38H42F3N7O6S/c1-21(2)32(46-37(51)54-38(3,4)5)35(49)48(14-15-52-7)20-24-19-43-34(47(24)6)31-18-28-33(55-31)30(12-13-42-28)53-29-11-9-23(17-26(29)41)44-36(50)45-27-10-8-22(39)16-25(27)40/h8-13,16-19,21,32H,14-15,20H2,1-7H3,(H,46,51)(H2,44,45,50). The van der Waals surface area contributed by atoms with Gasteiger partial charge in [-0.05, 0) is 57.0 Å². The summed E-state index contributed by atoms with van der Waals surface area (Å²) in [7, 11) is 3.37. The number of hydrogen-bond donors (Lipinski definition) is 3. The average Bonchev–Trinajstić information content (AvgIpc) is 3.70. The number of amides is 4. The largest absolute Gasteiger partial charge is 0.453 e. The highest BCUT2D eigenvalue weighted by Gasteiger charge is 2.31. The molecule has 0 radical (unpaired) electrons. The van der Waals surface area contributed by atoms with E-state index in [0.717, 1.165) is 23.1 Å². The number of anilines is 2. The normalized spacial score (nSPS) is 12.1. The molecule has 0 spiro atoms. The lowest BCUT2D eigenvalue weighted by Gasteiger charge is -2.30. The molecule has 0 fully saturated rings. The Kier molecular flexibility index (Phi) is 12.7. The number of imidazole rings is 1. The van der Waals surface area contributed by atoms with Crippen LogP contribution in [0.25, 0.3) is 20.9 Å². The van der Waals surface area contributed by atoms with Crippen molar-refractivity contribution in [3.63, 3.8) is 0 Å². The summed E-state index contributed by atoms with van der Waals surface area (Å²) in [4.78, 5) is 50.3. The van der Waals surface area contributed by atoms with E-state index in [4.69, 9.17) is 14.2 Å². The summed E-state index contributed by atoms with van der Waals surface area (Å²) in [5, 5.41) is 7.37. The van der Waals surface area contributed by atoms with Crippen LogP contribution in [-0.2, 0) is 27.9 Å². The molecule has 4 amide bonds. The van der Waals surface area contributed by atoms with Crippen molar-refractivity contribution in [3.05, 3.63) is 84.1 Å². The summed E-state index contributed by atoms with van der Waals surface area (Å²) in [6, 6.07) is 8.19. The van der Waals surface area contributed by atoms with Crippen LogP contribution >= 0.6 is 11.3 Å². The van der Waals surface area contributed by atoms with Gasteiger partial charge in [-0.25, -0.2) is 27.7 Å². The molecule has 292 valence electrons. The molecule has 1 atom stereocenters. The number of pyridine rings is 1. The lowest BCUT2D eigenvalue weighted by atomic mass is 10.0. The molecule has 3 heterocycles. The van der Waals surface area contributed by atoms with Gasteiger partial charge in [0.05, 0.1) is 45.8 Å². The molecular formula is C38H42F3N7O6S. The van der Waals surface area contributed by atoms with Gasteiger partial charge < -0.3 is 39.6 Å². The minimum atomic E-state index is -0.962. The van der Waals surface area contributed by atoms with Crippen molar-refractivity contribution in [1.29, 1.82) is 0 Å². The highest BCUT2D eigenvalue weighted by molar-refractivity contribution is 7.22. The third-order valence-electron chi connectivity index (χ3n) is 8.10. The number of nitrogens with zero attached hydrogens (tertiary/aromatic N) is 4. The Morgan fingerprint density at radius 2 is 1.73 bits per heavy atom. The molecule has 2 aromatic carbocycles. The van der Waals surface area contributed by atoms with Gasteiger partial charge in [-0.2, -0.15) is 0 Å². The predicted molar refractivity (Wildman–Crippen MR) is 203 cm³/mol. The van der Waals surface area contributed by atoms with Crippen LogP contribution in [0.4, 0.5) is 34.1 Å². The first-order valence-electron chi connectivity index (χ1n) is 17.2. The highest BCUT2D eigenvalue weighted by Crippen LogP contribution is 2.39. The second-order valence-electron chi connectivity index (χ2n) is 13.8. The molecule has 0 bridgehead atoms. The molecular weight excluding hydrogens is 740 g/mol. The zero-order chi connectivity index (χ0) is 40.0. The first-order chi connectivity index (χ1) is 26.0. The molecule has 0 saturated heterocycles. The second-order valence-corrected chi connectivity index (χ2v) is 14.9. The number of ether oxygens (including phenoxy) is 3. The molecule has 0 aliphatic carbocycles. The Morgan fingerprint density at radius 3 is 2.40 bits per heavy atom. The van der Waals surface area contributed by atoms with Crippen molar-refractivity contribution < 1.29 is 41.8 Å². The summed E-state index contributed by atoms with van der Waals surface area (Å²) in [6.07, 6.45) is 2.51. The van der Waals surface area contributed by atoms with Crippen LogP contribution in [0.3, 0.4) is 0 Å². The summed E-state index contributed by atoms with van der Waals surface area (Å²) in [6.45, 7) is 9.64. The molecule has 5 aromatic rings. The maximum atomic E-state index is 15.2. The Balaban J connectivity index is 1.31. The predicted octanol–water partition coefficient (Wildman–Crippen LogP) is 8.07. The van der Waals surface area contributed by atoms with Gasteiger partial charge in [0.25, 0.3) is 0 Å². The summed E-state index contributed by atoms with van der Waals surface area (Å²) >= 11 is 1.33. The average molecular weight is 782 g/mol. The Labute approximate surface area is 319 Å². The number of methoxy groups -OCH3 is 1. The zero-order valence-electron chi connectivity index (χ0n) is 31.3. The van der Waals surface area contributed by atoms with Crippen molar-refractivity contribution in [2.75, 3.05) is 30.9 Å². The quantitative estimate of drug-likeness (QED) is 0.109. The summed E-state index contributed by atoms with van der Waals surface area (Å²) in [5.41, 5.74) is 0.379. The number of carbonyl (C=O) groups excluding carboxylic acids is 3. The maximum Gasteiger partial charge on any atom is 0.408 e. The van der Waals surface area contributed by atoms with Crippen LogP contribution in [-0.4, -0.2) is 69.4 Å². The van der Waals surface area contributed by atoms with E-state index in [2.05, 4.69) is 25.9 Å². The molecule has 1 unspecified atom stereocenters. The Morgan fingerprint density at radius 1 is 0.964 bits per heavy atom. The van der Waals surface area contributed by atoms with Crippen molar-refractivity contribution in [1.82, 2.24) is 24.8 Å². The minimum absolute atomic E-state index is 0.0651. The number of alkyl carbamates (subject to hydrolysis) is 1. The fraction of sp³-hybridized carbons (Fsp3) is 0.342. The summed E-state index contributed by atoms with van der Waals surface area (Å²) in [5.74, 6) is -2.27. The molecule has 5 rings (SSSR count). The number of fused-ring (bicyclic) bond motifs is 1. The molecule has 0 aliphatic heterocycles. The number of aromatic nitrogens is 3. The van der Waals surface area contributed by atoms with Gasteiger partial charge in [-0.1, -0.05) is 13.8 Å². The van der Waals surface area contributed by atoms with E-state index in [1.54, 1.807) is 45.0 Å². The SMILES string of the molecule is COCCN(Cc1cnc(-c2cc3nccc(Oc4ccc(NC(=O)Nc5ccc(F)cc5F)cc4F)c3s2)n1C)C(=O)C(NC(=O)OC(C)(C)C)C(C)C. The molecule has 13 nitrogen and oxygen atoms in total. The number of rotatable bonds is 13. The van der Waals surface area contributed by atoms with Gasteiger partial charge in [0.2, 0.25) is 5.91 Å². The van der Waals surface area contributed by atoms with Crippen molar-refractivity contribution in [2.24, 2.45) is 13.0 Å². The lowest BCUT2D eigenvalue weighted by Crippen LogP contribution is -2.52. The smallest absolute Gasteiger partial charge is 0.408 e. The minimum Gasteiger partial charge on any atom is -0.453 e. The van der Waals surface area contributed by atoms with Gasteiger partial charge in [0.15, 0.2) is 11.6 Å². The molecule has 0 saturated carbocycles. The third-order valence-corrected chi connectivity index (χ3v) is 9.24. The van der Waals surface area contributed by atoms with E-state index in [1.807, 2.05) is 31.5 Å². The number of urea groups is 1. The second kappa shape index (κ2) is 17.2. The Hall–Kier alpha value is -5.68. The van der Waals surface area contributed by atoms with Crippen molar-refractivity contribution in [3.8, 4) is 22.2 Å². The first kappa shape index (κ1) is 40.5. The van der Waals surface area contributed by atoms with Gasteiger partial charge in [-0.3, -0.25) is 9.78 Å². The van der Waals surface area contributed by atoms with Gasteiger partial charge in [0, 0.05) is 50.8 Å². The van der Waals surface area contributed by atoms with Gasteiger partial charge in [0.1, 0.15) is 34.9 Å². The van der Waals surface area contributed by atoms with Crippen LogP contribution < -0.4 is 20.7 Å². The van der Waals surface area contributed by atoms with Crippen LogP contribution in [0.1, 0.15) is 40.3 Å². The van der Waals surface area contributed by atoms with Crippen molar-refractivity contribution in [2.45, 2.75) is 52.8 Å². The monoisotopic (exact) mass is 781 g/mol. The van der Waals surface area contributed by atoms with Crippen LogP contribution in [0.15, 0.2) is 60.9 Å².